The molecule has 29 heavy (non-hydrogen) atoms. The van der Waals surface area contributed by atoms with Crippen LogP contribution in [0.4, 0.5) is 4.79 Å². The van der Waals surface area contributed by atoms with Crippen LogP contribution < -0.4 is 5.32 Å². The van der Waals surface area contributed by atoms with Crippen molar-refractivity contribution in [2.75, 3.05) is 13.2 Å². The molecule has 2 fully saturated rings. The fraction of sp³-hybridized carbons (Fsp3) is 0.545. The number of esters is 1. The van der Waals surface area contributed by atoms with Crippen LogP contribution in [0.5, 0.6) is 0 Å². The number of nitrogens with one attached hydrogen (secondary N) is 1. The number of ether oxygens (including phenoxy) is 1. The van der Waals surface area contributed by atoms with Crippen LogP contribution in [-0.2, 0) is 14.3 Å². The van der Waals surface area contributed by atoms with Crippen LogP contribution in [0.1, 0.15) is 74.2 Å². The topological polar surface area (TPSA) is 92.8 Å². The maximum atomic E-state index is 12.3. The average molecular weight is 400 g/mol. The van der Waals surface area contributed by atoms with Crippen molar-refractivity contribution in [3.63, 3.8) is 0 Å². The molecule has 1 N–H and O–H groups in total. The van der Waals surface area contributed by atoms with E-state index in [1.54, 1.807) is 26.0 Å². The molecule has 0 aromatic heterocycles. The maximum absolute atomic E-state index is 12.3. The molecule has 156 valence electrons. The molecule has 1 heterocycles. The molecule has 1 saturated carbocycles. The predicted molar refractivity (Wildman–Crippen MR) is 106 cm³/mol. The number of nitrogens with zero attached hydrogens (tertiary/aromatic N) is 1. The quantitative estimate of drug-likeness (QED) is 0.431. The third kappa shape index (κ3) is 5.02. The first-order valence-corrected chi connectivity index (χ1v) is 10.2. The normalized spacial score (nSPS) is 19.2. The summed E-state index contributed by atoms with van der Waals surface area (Å²) in [6, 6.07) is 7.03. The number of benzene rings is 1. The van der Waals surface area contributed by atoms with Gasteiger partial charge in [-0.3, -0.25) is 19.3 Å². The van der Waals surface area contributed by atoms with Crippen molar-refractivity contribution in [2.45, 2.75) is 63.8 Å². The van der Waals surface area contributed by atoms with Crippen molar-refractivity contribution in [3.05, 3.63) is 35.4 Å². The lowest BCUT2D eigenvalue weighted by Crippen LogP contribution is -2.40. The highest BCUT2D eigenvalue weighted by molar-refractivity contribution is 6.06. The minimum Gasteiger partial charge on any atom is -0.457 e. The van der Waals surface area contributed by atoms with Gasteiger partial charge in [0.05, 0.1) is 6.42 Å². The van der Waals surface area contributed by atoms with Gasteiger partial charge in [0, 0.05) is 12.1 Å². The van der Waals surface area contributed by atoms with E-state index in [-0.39, 0.29) is 31.3 Å². The molecule has 0 unspecified atom stereocenters. The molecule has 1 aliphatic heterocycles. The van der Waals surface area contributed by atoms with Crippen molar-refractivity contribution in [1.29, 1.82) is 0 Å². The van der Waals surface area contributed by atoms with Gasteiger partial charge in [-0.05, 0) is 38.2 Å². The third-order valence-electron chi connectivity index (χ3n) is 5.66. The Bertz CT molecular complexity index is 794. The second kappa shape index (κ2) is 8.76. The first-order valence-electron chi connectivity index (χ1n) is 10.2. The minimum absolute atomic E-state index is 0.0722. The van der Waals surface area contributed by atoms with Crippen LogP contribution in [0.2, 0.25) is 0 Å². The molecule has 7 nitrogen and oxygen atoms in total. The monoisotopic (exact) mass is 400 g/mol. The summed E-state index contributed by atoms with van der Waals surface area (Å²) in [5.74, 6) is -0.710. The molecule has 1 aromatic rings. The van der Waals surface area contributed by atoms with E-state index in [0.717, 1.165) is 4.90 Å². The van der Waals surface area contributed by atoms with Crippen molar-refractivity contribution in [3.8, 4) is 0 Å². The SMILES string of the molecule is CC1(C)NC(=O)N(CCC(=O)OCC(=O)c2ccc(C3CCCCC3)cc2)C1=O. The molecular weight excluding hydrogens is 372 g/mol. The summed E-state index contributed by atoms with van der Waals surface area (Å²) in [7, 11) is 0. The smallest absolute Gasteiger partial charge is 0.325 e. The first kappa shape index (κ1) is 21.0. The zero-order chi connectivity index (χ0) is 21.0. The van der Waals surface area contributed by atoms with Crippen LogP contribution in [0, 0.1) is 0 Å². The summed E-state index contributed by atoms with van der Waals surface area (Å²) in [6.07, 6.45) is 6.04. The molecule has 1 aliphatic carbocycles. The Morgan fingerprint density at radius 1 is 1.10 bits per heavy atom. The van der Waals surface area contributed by atoms with E-state index in [1.165, 1.54) is 37.7 Å². The number of amides is 3. The van der Waals surface area contributed by atoms with E-state index in [4.69, 9.17) is 4.74 Å². The lowest BCUT2D eigenvalue weighted by atomic mass is 9.84. The summed E-state index contributed by atoms with van der Waals surface area (Å²) >= 11 is 0. The van der Waals surface area contributed by atoms with Crippen LogP contribution in [-0.4, -0.2) is 47.3 Å². The van der Waals surface area contributed by atoms with Gasteiger partial charge in [0.1, 0.15) is 5.54 Å². The second-order valence-corrected chi connectivity index (χ2v) is 8.30. The number of hydrogen-bond donors (Lipinski definition) is 1. The lowest BCUT2D eigenvalue weighted by Gasteiger charge is -2.22. The number of urea groups is 1. The Hall–Kier alpha value is -2.70. The molecule has 0 radical (unpaired) electrons. The molecule has 0 spiro atoms. The van der Waals surface area contributed by atoms with Crippen LogP contribution in [0.25, 0.3) is 0 Å². The number of carbonyl (C=O) groups is 4. The van der Waals surface area contributed by atoms with Crippen LogP contribution >= 0.6 is 0 Å². The zero-order valence-corrected chi connectivity index (χ0v) is 17.0. The Morgan fingerprint density at radius 2 is 1.76 bits per heavy atom. The number of rotatable bonds is 7. The van der Waals surface area contributed by atoms with E-state index in [0.29, 0.717) is 11.5 Å². The van der Waals surface area contributed by atoms with Crippen molar-refractivity contribution in [2.24, 2.45) is 0 Å². The number of carbonyl (C=O) groups excluding carboxylic acids is 4. The van der Waals surface area contributed by atoms with Gasteiger partial charge >= 0.3 is 12.0 Å². The Kier molecular flexibility index (Phi) is 6.35. The van der Waals surface area contributed by atoms with Gasteiger partial charge in [-0.2, -0.15) is 0 Å². The third-order valence-corrected chi connectivity index (χ3v) is 5.66. The summed E-state index contributed by atoms with van der Waals surface area (Å²) in [5, 5.41) is 2.55. The Balaban J connectivity index is 1.44. The van der Waals surface area contributed by atoms with E-state index in [2.05, 4.69) is 5.32 Å². The number of Topliss-reactive ketones (excluding diaryl/α,β-unsaturated/α-hetero) is 1. The fourth-order valence-electron chi connectivity index (χ4n) is 3.90. The standard InChI is InChI=1S/C22H28N2O5/c1-22(2)20(27)24(21(28)23-22)13-12-19(26)29-14-18(25)17-10-8-16(9-11-17)15-6-4-3-5-7-15/h8-11,15H,3-7,12-14H2,1-2H3,(H,23,28). The Labute approximate surface area is 170 Å². The van der Waals surface area contributed by atoms with Gasteiger partial charge in [0.15, 0.2) is 12.4 Å². The molecule has 1 saturated heterocycles. The predicted octanol–water partition coefficient (Wildman–Crippen LogP) is 3.18. The summed E-state index contributed by atoms with van der Waals surface area (Å²) in [4.78, 5) is 49.1. The molecule has 7 heteroatoms. The largest absolute Gasteiger partial charge is 0.457 e. The summed E-state index contributed by atoms with van der Waals surface area (Å²) < 4.78 is 5.03. The molecule has 3 rings (SSSR count). The minimum atomic E-state index is -0.971. The van der Waals surface area contributed by atoms with Gasteiger partial charge in [0.2, 0.25) is 0 Å². The fourth-order valence-corrected chi connectivity index (χ4v) is 3.90. The highest BCUT2D eigenvalue weighted by Gasteiger charge is 2.44. The molecule has 3 amide bonds. The number of hydrogen-bond acceptors (Lipinski definition) is 5. The average Bonchev–Trinajstić information content (AvgIpc) is 2.92. The Morgan fingerprint density at radius 3 is 2.34 bits per heavy atom. The highest BCUT2D eigenvalue weighted by atomic mass is 16.5. The molecule has 2 aliphatic rings. The lowest BCUT2D eigenvalue weighted by molar-refractivity contribution is -0.143. The summed E-state index contributed by atoms with van der Waals surface area (Å²) in [5.41, 5.74) is 0.795. The van der Waals surface area contributed by atoms with Gasteiger partial charge in [0.25, 0.3) is 5.91 Å². The van der Waals surface area contributed by atoms with Crippen LogP contribution in [0.15, 0.2) is 24.3 Å². The second-order valence-electron chi connectivity index (χ2n) is 8.30. The molecule has 1 aromatic carbocycles. The van der Waals surface area contributed by atoms with E-state index < -0.39 is 17.5 Å². The van der Waals surface area contributed by atoms with E-state index >= 15 is 0 Å². The van der Waals surface area contributed by atoms with Crippen molar-refractivity contribution in [1.82, 2.24) is 10.2 Å². The summed E-state index contributed by atoms with van der Waals surface area (Å²) in [6.45, 7) is 2.78. The molecule has 0 bridgehead atoms. The highest BCUT2D eigenvalue weighted by Crippen LogP contribution is 2.32. The zero-order valence-electron chi connectivity index (χ0n) is 17.0. The van der Waals surface area contributed by atoms with Crippen molar-refractivity contribution < 1.29 is 23.9 Å². The molecule has 0 atom stereocenters. The van der Waals surface area contributed by atoms with E-state index in [9.17, 15) is 19.2 Å². The van der Waals surface area contributed by atoms with Crippen LogP contribution in [0.3, 0.4) is 0 Å². The van der Waals surface area contributed by atoms with E-state index in [1.807, 2.05) is 12.1 Å². The number of imide groups is 1. The van der Waals surface area contributed by atoms with Gasteiger partial charge in [-0.15, -0.1) is 0 Å². The van der Waals surface area contributed by atoms with Gasteiger partial charge < -0.3 is 10.1 Å². The van der Waals surface area contributed by atoms with Gasteiger partial charge in [-0.25, -0.2) is 4.79 Å². The van der Waals surface area contributed by atoms with Gasteiger partial charge in [-0.1, -0.05) is 43.5 Å². The maximum Gasteiger partial charge on any atom is 0.325 e. The number of ketones is 1. The molecular formula is C22H28N2O5. The first-order chi connectivity index (χ1) is 13.8. The van der Waals surface area contributed by atoms with Crippen molar-refractivity contribution >= 4 is 23.7 Å².